The molecule has 0 bridgehead atoms. The smallest absolute Gasteiger partial charge is 0.417 e. The van der Waals surface area contributed by atoms with Crippen molar-refractivity contribution in [3.63, 3.8) is 0 Å². The van der Waals surface area contributed by atoms with Gasteiger partial charge in [-0.2, -0.15) is 0 Å². The number of aryl methyl sites for hydroxylation is 1. The molecule has 2 aromatic rings. The van der Waals surface area contributed by atoms with Crippen molar-refractivity contribution in [1.82, 2.24) is 4.90 Å². The molecular formula is C28H41NO4Si. The van der Waals surface area contributed by atoms with E-state index in [-0.39, 0.29) is 18.1 Å². The van der Waals surface area contributed by atoms with E-state index >= 15 is 0 Å². The van der Waals surface area contributed by atoms with Gasteiger partial charge in [-0.25, -0.2) is 9.69 Å². The summed E-state index contributed by atoms with van der Waals surface area (Å²) >= 11 is 0. The van der Waals surface area contributed by atoms with E-state index in [1.54, 1.807) is 17.4 Å². The SMILES string of the molecule is CC(C)[Si](OC(=C[C@H](C)CCc1ccoc1)N1C(=O)OC[C@H]1c1ccccc1)(C(C)C)C(C)C. The van der Waals surface area contributed by atoms with E-state index in [0.29, 0.717) is 29.1 Å². The maximum absolute atomic E-state index is 13.1. The lowest BCUT2D eigenvalue weighted by Gasteiger charge is -2.44. The lowest BCUT2D eigenvalue weighted by Crippen LogP contribution is -2.49. The minimum absolute atomic E-state index is 0.195. The van der Waals surface area contributed by atoms with Crippen LogP contribution in [0.1, 0.15) is 72.1 Å². The lowest BCUT2D eigenvalue weighted by molar-refractivity contribution is 0.148. The molecular weight excluding hydrogens is 442 g/mol. The number of cyclic esters (lactones) is 1. The zero-order valence-corrected chi connectivity index (χ0v) is 22.8. The molecule has 1 saturated heterocycles. The molecule has 3 rings (SSSR count). The Balaban J connectivity index is 2.00. The molecule has 1 aromatic heterocycles. The Hall–Kier alpha value is -2.47. The van der Waals surface area contributed by atoms with Crippen LogP contribution in [0.4, 0.5) is 4.79 Å². The third kappa shape index (κ3) is 5.60. The van der Waals surface area contributed by atoms with Gasteiger partial charge in [-0.05, 0) is 58.7 Å². The number of benzene rings is 1. The normalized spacial score (nSPS) is 18.2. The number of amides is 1. The van der Waals surface area contributed by atoms with Crippen molar-refractivity contribution in [2.24, 2.45) is 5.92 Å². The number of ether oxygens (including phenoxy) is 1. The van der Waals surface area contributed by atoms with Gasteiger partial charge in [-0.15, -0.1) is 0 Å². The second-order valence-electron chi connectivity index (χ2n) is 10.4. The predicted octanol–water partition coefficient (Wildman–Crippen LogP) is 8.08. The first-order valence-electron chi connectivity index (χ1n) is 12.6. The van der Waals surface area contributed by atoms with Crippen LogP contribution >= 0.6 is 0 Å². The molecule has 0 aliphatic carbocycles. The highest BCUT2D eigenvalue weighted by atomic mass is 28.4. The van der Waals surface area contributed by atoms with Gasteiger partial charge in [-0.1, -0.05) is 78.8 Å². The summed E-state index contributed by atoms with van der Waals surface area (Å²) in [6.45, 7) is 16.1. The van der Waals surface area contributed by atoms with Gasteiger partial charge in [0.2, 0.25) is 0 Å². The first kappa shape index (κ1) is 26.1. The molecule has 34 heavy (non-hydrogen) atoms. The number of rotatable bonds is 11. The summed E-state index contributed by atoms with van der Waals surface area (Å²) in [6, 6.07) is 11.9. The molecule has 2 atom stereocenters. The van der Waals surface area contributed by atoms with E-state index in [1.807, 2.05) is 24.3 Å². The average molecular weight is 484 g/mol. The number of nitrogens with zero attached hydrogens (tertiary/aromatic N) is 1. The third-order valence-electron chi connectivity index (χ3n) is 7.18. The fraction of sp³-hybridized carbons (Fsp3) is 0.536. The highest BCUT2D eigenvalue weighted by Gasteiger charge is 2.49. The molecule has 6 heteroatoms. The van der Waals surface area contributed by atoms with Crippen LogP contribution in [0.25, 0.3) is 0 Å². The third-order valence-corrected chi connectivity index (χ3v) is 13.2. The molecule has 1 fully saturated rings. The Kier molecular flexibility index (Phi) is 8.69. The summed E-state index contributed by atoms with van der Waals surface area (Å²) in [5.41, 5.74) is 3.42. The van der Waals surface area contributed by atoms with Crippen molar-refractivity contribution >= 4 is 14.4 Å². The number of allylic oxidation sites excluding steroid dienone is 1. The van der Waals surface area contributed by atoms with Crippen molar-refractivity contribution < 1.29 is 18.4 Å². The Morgan fingerprint density at radius 3 is 2.26 bits per heavy atom. The van der Waals surface area contributed by atoms with Gasteiger partial charge in [0.1, 0.15) is 12.6 Å². The number of carbonyl (C=O) groups is 1. The maximum atomic E-state index is 13.1. The molecule has 2 heterocycles. The summed E-state index contributed by atoms with van der Waals surface area (Å²) in [4.78, 5) is 14.9. The zero-order chi connectivity index (χ0) is 24.9. The van der Waals surface area contributed by atoms with E-state index in [0.717, 1.165) is 18.4 Å². The van der Waals surface area contributed by atoms with Gasteiger partial charge in [0.05, 0.1) is 12.5 Å². The second-order valence-corrected chi connectivity index (χ2v) is 15.8. The van der Waals surface area contributed by atoms with Crippen molar-refractivity contribution in [3.8, 4) is 0 Å². The van der Waals surface area contributed by atoms with Crippen LogP contribution < -0.4 is 0 Å². The largest absolute Gasteiger partial charge is 0.531 e. The highest BCUT2D eigenvalue weighted by molar-refractivity contribution is 6.77. The van der Waals surface area contributed by atoms with Crippen LogP contribution in [-0.4, -0.2) is 25.9 Å². The van der Waals surface area contributed by atoms with Gasteiger partial charge in [-0.3, -0.25) is 0 Å². The molecule has 5 nitrogen and oxygen atoms in total. The topological polar surface area (TPSA) is 51.9 Å². The zero-order valence-electron chi connectivity index (χ0n) is 21.8. The molecule has 0 saturated carbocycles. The fourth-order valence-corrected chi connectivity index (χ4v) is 10.7. The molecule has 1 amide bonds. The molecule has 0 spiro atoms. The van der Waals surface area contributed by atoms with Gasteiger partial charge in [0.15, 0.2) is 5.88 Å². The molecule has 0 N–H and O–H groups in total. The molecule has 1 aliphatic rings. The van der Waals surface area contributed by atoms with E-state index in [2.05, 4.69) is 66.7 Å². The number of hydrogen-bond acceptors (Lipinski definition) is 4. The van der Waals surface area contributed by atoms with E-state index in [1.165, 1.54) is 5.56 Å². The lowest BCUT2D eigenvalue weighted by atomic mass is 10.0. The minimum atomic E-state index is -2.29. The Morgan fingerprint density at radius 1 is 1.06 bits per heavy atom. The number of carbonyl (C=O) groups excluding carboxylic acids is 1. The van der Waals surface area contributed by atoms with Crippen LogP contribution in [0.3, 0.4) is 0 Å². The molecule has 0 radical (unpaired) electrons. The van der Waals surface area contributed by atoms with Crippen LogP contribution in [-0.2, 0) is 15.6 Å². The van der Waals surface area contributed by atoms with Crippen LogP contribution in [0, 0.1) is 5.92 Å². The van der Waals surface area contributed by atoms with Crippen molar-refractivity contribution in [1.29, 1.82) is 0 Å². The predicted molar refractivity (Wildman–Crippen MR) is 139 cm³/mol. The van der Waals surface area contributed by atoms with Crippen molar-refractivity contribution in [2.75, 3.05) is 6.61 Å². The van der Waals surface area contributed by atoms with Gasteiger partial charge >= 0.3 is 6.09 Å². The summed E-state index contributed by atoms with van der Waals surface area (Å²) < 4.78 is 17.9. The fourth-order valence-electron chi connectivity index (χ4n) is 5.44. The second kappa shape index (κ2) is 11.3. The Labute approximate surface area is 206 Å². The Morgan fingerprint density at radius 2 is 1.71 bits per heavy atom. The first-order chi connectivity index (χ1) is 16.2. The first-order valence-corrected chi connectivity index (χ1v) is 14.7. The summed E-state index contributed by atoms with van der Waals surface area (Å²) in [5.74, 6) is 0.881. The molecule has 0 unspecified atom stereocenters. The quantitative estimate of drug-likeness (QED) is 0.239. The van der Waals surface area contributed by atoms with E-state index < -0.39 is 8.32 Å². The summed E-state index contributed by atoms with van der Waals surface area (Å²) in [5, 5.41) is 0. The van der Waals surface area contributed by atoms with Crippen molar-refractivity contribution in [2.45, 2.75) is 84.0 Å². The molecule has 186 valence electrons. The van der Waals surface area contributed by atoms with Gasteiger partial charge in [0.25, 0.3) is 8.32 Å². The van der Waals surface area contributed by atoms with Crippen LogP contribution in [0.2, 0.25) is 16.6 Å². The van der Waals surface area contributed by atoms with Crippen LogP contribution in [0.15, 0.2) is 65.3 Å². The van der Waals surface area contributed by atoms with Crippen molar-refractivity contribution in [3.05, 3.63) is 72.0 Å². The van der Waals surface area contributed by atoms with Gasteiger partial charge in [0, 0.05) is 0 Å². The maximum Gasteiger partial charge on any atom is 0.417 e. The van der Waals surface area contributed by atoms with E-state index in [4.69, 9.17) is 13.6 Å². The Bertz CT molecular complexity index is 915. The number of furan rings is 1. The number of hydrogen-bond donors (Lipinski definition) is 0. The molecule has 1 aromatic carbocycles. The molecule has 1 aliphatic heterocycles. The standard InChI is InChI=1S/C28H41NO4Si/c1-20(2)34(21(3)4,22(5)6)33-27(17-23(7)13-14-24-15-16-31-18-24)29-26(19-32-28(29)30)25-11-9-8-10-12-25/h8-12,15-18,20-23,26H,13-14,19H2,1-7H3/t23-,26+/m1/s1. The monoisotopic (exact) mass is 483 g/mol. The van der Waals surface area contributed by atoms with E-state index in [9.17, 15) is 4.79 Å². The average Bonchev–Trinajstić information content (AvgIpc) is 3.44. The van der Waals surface area contributed by atoms with Gasteiger partial charge < -0.3 is 13.6 Å². The summed E-state index contributed by atoms with van der Waals surface area (Å²) in [7, 11) is -2.29. The summed E-state index contributed by atoms with van der Waals surface area (Å²) in [6.07, 6.45) is 7.17. The highest BCUT2D eigenvalue weighted by Crippen LogP contribution is 2.45. The van der Waals surface area contributed by atoms with Crippen LogP contribution in [0.5, 0.6) is 0 Å². The minimum Gasteiger partial charge on any atom is -0.531 e.